The molecule has 0 bridgehead atoms. The molecule has 0 N–H and O–H groups in total. The second kappa shape index (κ2) is 9.50. The molecule has 2 aromatic rings. The first-order chi connectivity index (χ1) is 12.4. The first-order valence-corrected chi connectivity index (χ1v) is 10.6. The van der Waals surface area contributed by atoms with Gasteiger partial charge >= 0.3 is 0 Å². The highest BCUT2D eigenvalue weighted by atomic mass is 32.2. The molecular formula is C20H26N2O3S. The van der Waals surface area contributed by atoms with E-state index in [4.69, 9.17) is 0 Å². The minimum Gasteiger partial charge on any atom is -0.313 e. The Morgan fingerprint density at radius 1 is 0.923 bits per heavy atom. The van der Waals surface area contributed by atoms with Crippen LogP contribution in [-0.2, 0) is 21.2 Å². The highest BCUT2D eigenvalue weighted by molar-refractivity contribution is 7.88. The highest BCUT2D eigenvalue weighted by Gasteiger charge is 2.20. The average Bonchev–Trinajstić information content (AvgIpc) is 2.63. The summed E-state index contributed by atoms with van der Waals surface area (Å²) in [6.07, 6.45) is 1.97. The van der Waals surface area contributed by atoms with Gasteiger partial charge in [0.1, 0.15) is 0 Å². The van der Waals surface area contributed by atoms with Crippen molar-refractivity contribution in [1.29, 1.82) is 0 Å². The van der Waals surface area contributed by atoms with E-state index in [2.05, 4.69) is 0 Å². The molecule has 0 unspecified atom stereocenters. The molecule has 6 heteroatoms. The summed E-state index contributed by atoms with van der Waals surface area (Å²) in [7, 11) is -3.37. The number of benzene rings is 2. The summed E-state index contributed by atoms with van der Waals surface area (Å²) in [6.45, 7) is 3.02. The number of hydrogen-bond donors (Lipinski definition) is 0. The summed E-state index contributed by atoms with van der Waals surface area (Å²) in [5.74, 6) is -0.0768. The van der Waals surface area contributed by atoms with E-state index in [1.807, 2.05) is 67.6 Å². The molecule has 2 rings (SSSR count). The highest BCUT2D eigenvalue weighted by Crippen LogP contribution is 2.15. The van der Waals surface area contributed by atoms with E-state index in [1.165, 1.54) is 10.6 Å². The van der Waals surface area contributed by atoms with Crippen LogP contribution in [0.15, 0.2) is 60.7 Å². The first kappa shape index (κ1) is 20.1. The monoisotopic (exact) mass is 374 g/mol. The van der Waals surface area contributed by atoms with E-state index < -0.39 is 10.0 Å². The molecule has 0 heterocycles. The van der Waals surface area contributed by atoms with Gasteiger partial charge in [0, 0.05) is 31.7 Å². The topological polar surface area (TPSA) is 57.7 Å². The van der Waals surface area contributed by atoms with Crippen molar-refractivity contribution in [3.8, 4) is 0 Å². The van der Waals surface area contributed by atoms with Crippen LogP contribution in [0.3, 0.4) is 0 Å². The van der Waals surface area contributed by atoms with E-state index in [-0.39, 0.29) is 18.9 Å². The van der Waals surface area contributed by atoms with Gasteiger partial charge in [0.05, 0.1) is 6.26 Å². The standard InChI is InChI=1S/C20H26N2O3S/c1-3-22(19-12-8-5-9-13-19)20(23)15-17-21(26(2,24)25)16-14-18-10-6-4-7-11-18/h4-13H,3,14-17H2,1-2H3. The summed E-state index contributed by atoms with van der Waals surface area (Å²) in [5.41, 5.74) is 1.90. The Balaban J connectivity index is 1.99. The van der Waals surface area contributed by atoms with Crippen LogP contribution in [0.2, 0.25) is 0 Å². The zero-order chi connectivity index (χ0) is 19.0. The number of carbonyl (C=O) groups is 1. The van der Waals surface area contributed by atoms with Gasteiger partial charge in [0.15, 0.2) is 0 Å². The van der Waals surface area contributed by atoms with Crippen molar-refractivity contribution in [3.05, 3.63) is 66.2 Å². The molecule has 0 saturated heterocycles. The van der Waals surface area contributed by atoms with Crippen molar-refractivity contribution in [1.82, 2.24) is 4.31 Å². The van der Waals surface area contributed by atoms with Crippen molar-refractivity contribution in [3.63, 3.8) is 0 Å². The number of para-hydroxylation sites is 1. The fourth-order valence-electron chi connectivity index (χ4n) is 2.81. The second-order valence-electron chi connectivity index (χ2n) is 6.12. The number of rotatable bonds is 9. The largest absolute Gasteiger partial charge is 0.313 e. The van der Waals surface area contributed by atoms with E-state index in [1.54, 1.807) is 4.90 Å². The second-order valence-corrected chi connectivity index (χ2v) is 8.10. The molecule has 0 fully saturated rings. The van der Waals surface area contributed by atoms with Crippen molar-refractivity contribution in [2.75, 3.05) is 30.8 Å². The van der Waals surface area contributed by atoms with Crippen LogP contribution < -0.4 is 4.90 Å². The predicted octanol–water partition coefficient (Wildman–Crippen LogP) is 2.93. The molecule has 140 valence electrons. The third-order valence-corrected chi connectivity index (χ3v) is 5.53. The Bertz CT molecular complexity index is 792. The van der Waals surface area contributed by atoms with Crippen LogP contribution in [0.25, 0.3) is 0 Å². The SMILES string of the molecule is CCN(C(=O)CCN(CCc1ccccc1)S(C)(=O)=O)c1ccccc1. The smallest absolute Gasteiger partial charge is 0.228 e. The normalized spacial score (nSPS) is 11.5. The molecule has 0 saturated carbocycles. The molecule has 0 radical (unpaired) electrons. The fourth-order valence-corrected chi connectivity index (χ4v) is 3.65. The number of sulfonamides is 1. The van der Waals surface area contributed by atoms with Crippen molar-refractivity contribution >= 4 is 21.6 Å². The Labute approximate surface area is 156 Å². The number of carbonyl (C=O) groups excluding carboxylic acids is 1. The predicted molar refractivity (Wildman–Crippen MR) is 106 cm³/mol. The summed E-state index contributed by atoms with van der Waals surface area (Å²) in [6, 6.07) is 19.2. The molecule has 0 aliphatic heterocycles. The molecule has 0 aromatic heterocycles. The van der Waals surface area contributed by atoms with Gasteiger partial charge in [-0.2, -0.15) is 0 Å². The summed E-state index contributed by atoms with van der Waals surface area (Å²) in [5, 5.41) is 0. The van der Waals surface area contributed by atoms with Gasteiger partial charge in [-0.15, -0.1) is 0 Å². The maximum atomic E-state index is 12.6. The quantitative estimate of drug-likeness (QED) is 0.678. The van der Waals surface area contributed by atoms with Crippen LogP contribution in [0.1, 0.15) is 18.9 Å². The Morgan fingerprint density at radius 2 is 1.50 bits per heavy atom. The molecule has 2 aromatic carbocycles. The van der Waals surface area contributed by atoms with Crippen molar-refractivity contribution in [2.24, 2.45) is 0 Å². The minimum atomic E-state index is -3.37. The third-order valence-electron chi connectivity index (χ3n) is 4.22. The van der Waals surface area contributed by atoms with Crippen LogP contribution >= 0.6 is 0 Å². The number of anilines is 1. The lowest BCUT2D eigenvalue weighted by atomic mass is 10.1. The fraction of sp³-hybridized carbons (Fsp3) is 0.350. The van der Waals surface area contributed by atoms with Gasteiger partial charge in [-0.25, -0.2) is 12.7 Å². The molecule has 0 aliphatic carbocycles. The summed E-state index contributed by atoms with van der Waals surface area (Å²) >= 11 is 0. The molecule has 0 aliphatic rings. The average molecular weight is 375 g/mol. The van der Waals surface area contributed by atoms with Gasteiger partial charge in [-0.3, -0.25) is 4.79 Å². The molecule has 0 atom stereocenters. The summed E-state index contributed by atoms with van der Waals surface area (Å²) in [4.78, 5) is 14.3. The van der Waals surface area contributed by atoms with Crippen molar-refractivity contribution in [2.45, 2.75) is 19.8 Å². The number of hydrogen-bond acceptors (Lipinski definition) is 3. The van der Waals surface area contributed by atoms with Crippen LogP contribution in [0.4, 0.5) is 5.69 Å². The van der Waals surface area contributed by atoms with Gasteiger partial charge < -0.3 is 4.90 Å². The van der Waals surface area contributed by atoms with Gasteiger partial charge in [0.25, 0.3) is 0 Å². The Hall–Kier alpha value is -2.18. The maximum absolute atomic E-state index is 12.6. The summed E-state index contributed by atoms with van der Waals surface area (Å²) < 4.78 is 25.5. The van der Waals surface area contributed by atoms with E-state index in [0.717, 1.165) is 11.3 Å². The number of nitrogens with zero attached hydrogens (tertiary/aromatic N) is 2. The van der Waals surface area contributed by atoms with Crippen LogP contribution in [0.5, 0.6) is 0 Å². The Morgan fingerprint density at radius 3 is 2.04 bits per heavy atom. The zero-order valence-electron chi connectivity index (χ0n) is 15.3. The zero-order valence-corrected chi connectivity index (χ0v) is 16.2. The van der Waals surface area contributed by atoms with E-state index >= 15 is 0 Å². The first-order valence-electron chi connectivity index (χ1n) is 8.76. The molecule has 5 nitrogen and oxygen atoms in total. The maximum Gasteiger partial charge on any atom is 0.228 e. The van der Waals surface area contributed by atoms with E-state index in [9.17, 15) is 13.2 Å². The lowest BCUT2D eigenvalue weighted by Crippen LogP contribution is -2.37. The van der Waals surface area contributed by atoms with Crippen molar-refractivity contribution < 1.29 is 13.2 Å². The molecule has 1 amide bonds. The van der Waals surface area contributed by atoms with Crippen LogP contribution in [0, 0.1) is 0 Å². The third kappa shape index (κ3) is 5.97. The minimum absolute atomic E-state index is 0.0768. The lowest BCUT2D eigenvalue weighted by molar-refractivity contribution is -0.118. The van der Waals surface area contributed by atoms with Gasteiger partial charge in [-0.1, -0.05) is 48.5 Å². The van der Waals surface area contributed by atoms with Gasteiger partial charge in [-0.05, 0) is 31.0 Å². The van der Waals surface area contributed by atoms with Gasteiger partial charge in [0.2, 0.25) is 15.9 Å². The number of amides is 1. The van der Waals surface area contributed by atoms with E-state index in [0.29, 0.717) is 19.5 Å². The van der Waals surface area contributed by atoms with Crippen LogP contribution in [-0.4, -0.2) is 44.5 Å². The Kier molecular flexibility index (Phi) is 7.36. The molecule has 0 spiro atoms. The lowest BCUT2D eigenvalue weighted by Gasteiger charge is -2.24. The molecule has 26 heavy (non-hydrogen) atoms. The molecular weight excluding hydrogens is 348 g/mol.